The Morgan fingerprint density at radius 3 is 2.88 bits per heavy atom. The van der Waals surface area contributed by atoms with Gasteiger partial charge in [0.2, 0.25) is 0 Å². The number of aromatic nitrogens is 2. The van der Waals surface area contributed by atoms with Crippen molar-refractivity contribution < 1.29 is 14.4 Å². The molecule has 2 N–H and O–H groups in total. The van der Waals surface area contributed by atoms with Gasteiger partial charge in [-0.25, -0.2) is 4.79 Å². The van der Waals surface area contributed by atoms with E-state index in [1.165, 1.54) is 0 Å². The van der Waals surface area contributed by atoms with Gasteiger partial charge < -0.3 is 19.8 Å². The van der Waals surface area contributed by atoms with E-state index in [0.29, 0.717) is 31.3 Å². The van der Waals surface area contributed by atoms with Gasteiger partial charge in [-0.15, -0.1) is 0 Å². The average molecular weight is 342 g/mol. The molecule has 0 radical (unpaired) electrons. The van der Waals surface area contributed by atoms with Crippen LogP contribution in [0, 0.1) is 6.92 Å². The van der Waals surface area contributed by atoms with Gasteiger partial charge in [-0.05, 0) is 56.9 Å². The number of aryl methyl sites for hydroxylation is 1. The molecule has 2 fully saturated rings. The normalized spacial score (nSPS) is 23.1. The van der Waals surface area contributed by atoms with Gasteiger partial charge in [0, 0.05) is 23.7 Å². The van der Waals surface area contributed by atoms with Crippen molar-refractivity contribution in [2.45, 2.75) is 44.6 Å². The molecule has 7 heteroatoms. The number of nitrogens with zero attached hydrogens (tertiary/aromatic N) is 3. The fourth-order valence-electron chi connectivity index (χ4n) is 3.11. The van der Waals surface area contributed by atoms with Crippen molar-refractivity contribution in [3.63, 3.8) is 0 Å². The van der Waals surface area contributed by atoms with Crippen molar-refractivity contribution >= 4 is 11.7 Å². The van der Waals surface area contributed by atoms with Gasteiger partial charge in [0.05, 0.1) is 12.1 Å². The van der Waals surface area contributed by atoms with Crippen molar-refractivity contribution in [1.82, 2.24) is 15.0 Å². The van der Waals surface area contributed by atoms with Crippen LogP contribution < -0.4 is 5.32 Å². The standard InChI is InChI=1S/C18H22N4O3/c1-11-9-13(16-20-15(21-25-16)12-3-4-12)5-6-14(11)19-17(23)22-8-7-18(2,24)10-22/h5-6,9,12,24H,3-4,7-8,10H2,1-2H3,(H,19,23). The second-order valence-electron chi connectivity index (χ2n) is 7.36. The van der Waals surface area contributed by atoms with Crippen molar-refractivity contribution in [2.24, 2.45) is 0 Å². The Morgan fingerprint density at radius 1 is 1.44 bits per heavy atom. The van der Waals surface area contributed by atoms with Crippen molar-refractivity contribution in [1.29, 1.82) is 0 Å². The van der Waals surface area contributed by atoms with Crippen LogP contribution in [0.1, 0.15) is 43.5 Å². The van der Waals surface area contributed by atoms with Crippen LogP contribution in [0.4, 0.5) is 10.5 Å². The van der Waals surface area contributed by atoms with Gasteiger partial charge in [-0.1, -0.05) is 5.16 Å². The zero-order valence-corrected chi connectivity index (χ0v) is 14.5. The zero-order chi connectivity index (χ0) is 17.6. The molecule has 1 aliphatic carbocycles. The molecule has 25 heavy (non-hydrogen) atoms. The van der Waals surface area contributed by atoms with E-state index in [-0.39, 0.29) is 6.03 Å². The minimum Gasteiger partial charge on any atom is -0.388 e. The van der Waals surface area contributed by atoms with E-state index >= 15 is 0 Å². The van der Waals surface area contributed by atoms with Crippen molar-refractivity contribution in [3.8, 4) is 11.5 Å². The lowest BCUT2D eigenvalue weighted by Crippen LogP contribution is -2.36. The second-order valence-corrected chi connectivity index (χ2v) is 7.36. The molecule has 1 saturated heterocycles. The maximum atomic E-state index is 12.4. The van der Waals surface area contributed by atoms with Crippen LogP contribution >= 0.6 is 0 Å². The van der Waals surface area contributed by atoms with Crippen LogP contribution in [0.2, 0.25) is 0 Å². The highest BCUT2D eigenvalue weighted by atomic mass is 16.5. The monoisotopic (exact) mass is 342 g/mol. The Morgan fingerprint density at radius 2 is 2.24 bits per heavy atom. The SMILES string of the molecule is Cc1cc(-c2nc(C3CC3)no2)ccc1NC(=O)N1CCC(C)(O)C1. The molecule has 0 bridgehead atoms. The van der Waals surface area contributed by atoms with Crippen LogP contribution in [-0.4, -0.2) is 44.9 Å². The number of amides is 2. The molecule has 4 rings (SSSR count). The molecular formula is C18H22N4O3. The summed E-state index contributed by atoms with van der Waals surface area (Å²) in [7, 11) is 0. The molecule has 2 heterocycles. The van der Waals surface area contributed by atoms with E-state index in [9.17, 15) is 9.90 Å². The van der Waals surface area contributed by atoms with Crippen LogP contribution in [-0.2, 0) is 0 Å². The van der Waals surface area contributed by atoms with Gasteiger partial charge in [0.25, 0.3) is 5.89 Å². The van der Waals surface area contributed by atoms with Gasteiger partial charge in [-0.3, -0.25) is 0 Å². The Labute approximate surface area is 146 Å². The first-order chi connectivity index (χ1) is 11.9. The van der Waals surface area contributed by atoms with Crippen molar-refractivity contribution in [3.05, 3.63) is 29.6 Å². The molecule has 1 unspecified atom stereocenters. The molecular weight excluding hydrogens is 320 g/mol. The summed E-state index contributed by atoms with van der Waals surface area (Å²) in [6.07, 6.45) is 2.86. The molecule has 132 valence electrons. The number of likely N-dealkylation sites (tertiary alicyclic amines) is 1. The third-order valence-electron chi connectivity index (χ3n) is 4.84. The number of carbonyl (C=O) groups excluding carboxylic acids is 1. The minimum atomic E-state index is -0.798. The summed E-state index contributed by atoms with van der Waals surface area (Å²) in [6, 6.07) is 5.45. The van der Waals surface area contributed by atoms with Gasteiger partial charge in [0.15, 0.2) is 5.82 Å². The smallest absolute Gasteiger partial charge is 0.321 e. The lowest BCUT2D eigenvalue weighted by Gasteiger charge is -2.20. The summed E-state index contributed by atoms with van der Waals surface area (Å²) in [5, 5.41) is 16.9. The molecule has 2 aromatic rings. The maximum Gasteiger partial charge on any atom is 0.321 e. The number of β-amino-alcohol motifs (C(OH)–C–C–N with tert-alkyl or cyclic N) is 1. The first kappa shape index (κ1) is 16.1. The lowest BCUT2D eigenvalue weighted by molar-refractivity contribution is 0.0727. The molecule has 7 nitrogen and oxygen atoms in total. The molecule has 2 aliphatic rings. The number of anilines is 1. The number of benzene rings is 1. The summed E-state index contributed by atoms with van der Waals surface area (Å²) >= 11 is 0. The van der Waals surface area contributed by atoms with E-state index in [1.54, 1.807) is 11.8 Å². The molecule has 1 atom stereocenters. The Hall–Kier alpha value is -2.41. The predicted molar refractivity (Wildman–Crippen MR) is 92.3 cm³/mol. The fraction of sp³-hybridized carbons (Fsp3) is 0.500. The van der Waals surface area contributed by atoms with E-state index in [2.05, 4.69) is 15.5 Å². The average Bonchev–Trinajstić information content (AvgIpc) is 3.18. The van der Waals surface area contributed by atoms with Gasteiger partial charge in [-0.2, -0.15) is 4.98 Å². The second kappa shape index (κ2) is 5.84. The zero-order valence-electron chi connectivity index (χ0n) is 14.5. The Balaban J connectivity index is 1.47. The highest BCUT2D eigenvalue weighted by molar-refractivity contribution is 5.90. The molecule has 1 aromatic heterocycles. The van der Waals surface area contributed by atoms with E-state index < -0.39 is 5.60 Å². The molecule has 1 aromatic carbocycles. The highest BCUT2D eigenvalue weighted by Gasteiger charge is 2.34. The van der Waals surface area contributed by atoms with Crippen LogP contribution in [0.25, 0.3) is 11.5 Å². The molecule has 2 amide bonds. The van der Waals surface area contributed by atoms with E-state index in [1.807, 2.05) is 25.1 Å². The number of nitrogens with one attached hydrogen (secondary N) is 1. The van der Waals surface area contributed by atoms with Crippen LogP contribution in [0.3, 0.4) is 0 Å². The summed E-state index contributed by atoms with van der Waals surface area (Å²) in [5.74, 6) is 1.75. The molecule has 0 spiro atoms. The first-order valence-electron chi connectivity index (χ1n) is 8.64. The van der Waals surface area contributed by atoms with Crippen LogP contribution in [0.15, 0.2) is 22.7 Å². The third kappa shape index (κ3) is 3.37. The summed E-state index contributed by atoms with van der Waals surface area (Å²) in [4.78, 5) is 18.4. The summed E-state index contributed by atoms with van der Waals surface area (Å²) in [6.45, 7) is 4.59. The quantitative estimate of drug-likeness (QED) is 0.895. The number of hydrogen-bond donors (Lipinski definition) is 2. The van der Waals surface area contributed by atoms with E-state index in [0.717, 1.165) is 35.5 Å². The largest absolute Gasteiger partial charge is 0.388 e. The first-order valence-corrected chi connectivity index (χ1v) is 8.64. The predicted octanol–water partition coefficient (Wildman–Crippen LogP) is 2.91. The highest BCUT2D eigenvalue weighted by Crippen LogP contribution is 2.39. The Bertz CT molecular complexity index is 810. The maximum absolute atomic E-state index is 12.4. The number of aliphatic hydroxyl groups is 1. The topological polar surface area (TPSA) is 91.5 Å². The van der Waals surface area contributed by atoms with Crippen molar-refractivity contribution in [2.75, 3.05) is 18.4 Å². The fourth-order valence-corrected chi connectivity index (χ4v) is 3.11. The summed E-state index contributed by atoms with van der Waals surface area (Å²) in [5.41, 5.74) is 1.71. The van der Waals surface area contributed by atoms with Crippen LogP contribution in [0.5, 0.6) is 0 Å². The third-order valence-corrected chi connectivity index (χ3v) is 4.84. The Kier molecular flexibility index (Phi) is 3.76. The van der Waals surface area contributed by atoms with Gasteiger partial charge >= 0.3 is 6.03 Å². The number of rotatable bonds is 3. The molecule has 1 aliphatic heterocycles. The summed E-state index contributed by atoms with van der Waals surface area (Å²) < 4.78 is 5.35. The number of urea groups is 1. The lowest BCUT2D eigenvalue weighted by atomic mass is 10.1. The minimum absolute atomic E-state index is 0.192. The number of carbonyl (C=O) groups is 1. The number of hydrogen-bond acceptors (Lipinski definition) is 5. The molecule has 1 saturated carbocycles. The van der Waals surface area contributed by atoms with Gasteiger partial charge in [0.1, 0.15) is 0 Å². The van der Waals surface area contributed by atoms with E-state index in [4.69, 9.17) is 4.52 Å².